The first-order valence-corrected chi connectivity index (χ1v) is 8.24. The minimum absolute atomic E-state index is 0.282. The van der Waals surface area contributed by atoms with E-state index in [1.54, 1.807) is 0 Å². The Bertz CT molecular complexity index is 167. The maximum atomic E-state index is 5.77. The van der Waals surface area contributed by atoms with Crippen molar-refractivity contribution in [3.63, 3.8) is 0 Å². The van der Waals surface area contributed by atoms with Crippen molar-refractivity contribution in [2.45, 2.75) is 64.6 Å². The molecule has 4 nitrogen and oxygen atoms in total. The number of hydrogen-bond donors (Lipinski definition) is 2. The normalized spacial score (nSPS) is 14.7. The molecule has 2 unspecified atom stereocenters. The average molecular weight is 324 g/mol. The summed E-state index contributed by atoms with van der Waals surface area (Å²) in [6, 6.07) is 0. The Hall–Kier alpha value is 0.359. The van der Waals surface area contributed by atoms with E-state index < -0.39 is 0 Å². The Morgan fingerprint density at radius 1 is 0.789 bits per heavy atom. The third-order valence-corrected chi connectivity index (χ3v) is 3.72. The molecule has 0 aliphatic heterocycles. The molecule has 0 aromatic rings. The zero-order chi connectivity index (χ0) is 14.3. The van der Waals surface area contributed by atoms with Crippen molar-refractivity contribution in [1.82, 2.24) is 10.6 Å². The molecule has 0 fully saturated rings. The van der Waals surface area contributed by atoms with Gasteiger partial charge in [0.15, 0.2) is 0 Å². The van der Waals surface area contributed by atoms with Crippen LogP contribution in [0.1, 0.15) is 52.4 Å². The molecular formula is C14H32CuN2O2. The van der Waals surface area contributed by atoms with Gasteiger partial charge in [-0.15, -0.1) is 0 Å². The molecule has 0 aliphatic carbocycles. The van der Waals surface area contributed by atoms with E-state index in [9.17, 15) is 0 Å². The van der Waals surface area contributed by atoms with E-state index in [1.807, 2.05) is 14.1 Å². The molecule has 0 amide bonds. The predicted molar refractivity (Wildman–Crippen MR) is 76.6 cm³/mol. The molecule has 0 radical (unpaired) electrons. The predicted octanol–water partition coefficient (Wildman–Crippen LogP) is 2.49. The summed E-state index contributed by atoms with van der Waals surface area (Å²) in [5.74, 6) is 0. The van der Waals surface area contributed by atoms with Crippen molar-refractivity contribution in [1.29, 1.82) is 0 Å². The molecule has 2 atom stereocenters. The molecule has 0 aliphatic rings. The summed E-state index contributed by atoms with van der Waals surface area (Å²) in [5, 5.41) is 6.33. The van der Waals surface area contributed by atoms with Crippen LogP contribution in [0.2, 0.25) is 0 Å². The average Bonchev–Trinajstić information content (AvgIpc) is 2.42. The van der Waals surface area contributed by atoms with E-state index in [2.05, 4.69) is 24.5 Å². The van der Waals surface area contributed by atoms with Crippen LogP contribution in [0.3, 0.4) is 0 Å². The summed E-state index contributed by atoms with van der Waals surface area (Å²) in [6.45, 7) is 6.35. The first-order chi connectivity index (χ1) is 9.28. The fourth-order valence-corrected chi connectivity index (χ4v) is 2.54. The summed E-state index contributed by atoms with van der Waals surface area (Å²) < 4.78 is 11.5. The van der Waals surface area contributed by atoms with Crippen LogP contribution in [-0.2, 0) is 23.3 Å². The van der Waals surface area contributed by atoms with Crippen LogP contribution in [0.5, 0.6) is 0 Å². The third kappa shape index (κ3) is 11.9. The Morgan fingerprint density at radius 3 is 1.53 bits per heavy atom. The molecule has 0 rings (SSSR count). The van der Waals surface area contributed by atoms with E-state index >= 15 is 0 Å². The van der Waals surface area contributed by atoms with E-state index in [1.165, 1.54) is 15.6 Å². The molecular weight excluding hydrogens is 292 g/mol. The van der Waals surface area contributed by atoms with Crippen LogP contribution in [0.25, 0.3) is 0 Å². The molecule has 0 bridgehead atoms. The molecule has 0 saturated heterocycles. The van der Waals surface area contributed by atoms with Gasteiger partial charge < -0.3 is 0 Å². The molecule has 2 N–H and O–H groups in total. The Morgan fingerprint density at radius 2 is 1.21 bits per heavy atom. The van der Waals surface area contributed by atoms with Gasteiger partial charge in [-0.25, -0.2) is 0 Å². The SMILES string of the molecule is CCCC(CCNC)[O][Cu][O]C(CCC)CCNC. The zero-order valence-corrected chi connectivity index (χ0v) is 13.9. The van der Waals surface area contributed by atoms with Gasteiger partial charge in [-0.2, -0.15) is 0 Å². The molecule has 5 heteroatoms. The second kappa shape index (κ2) is 14.8. The van der Waals surface area contributed by atoms with E-state index in [4.69, 9.17) is 7.64 Å². The maximum absolute atomic E-state index is 5.77. The second-order valence-electron chi connectivity index (χ2n) is 4.80. The minimum atomic E-state index is 0.282. The van der Waals surface area contributed by atoms with Crippen LogP contribution >= 0.6 is 0 Å². The van der Waals surface area contributed by atoms with Gasteiger partial charge in [0.25, 0.3) is 0 Å². The van der Waals surface area contributed by atoms with E-state index in [0.29, 0.717) is 0 Å². The number of nitrogens with one attached hydrogen (secondary N) is 2. The second-order valence-corrected chi connectivity index (χ2v) is 5.40. The quantitative estimate of drug-likeness (QED) is 0.482. The van der Waals surface area contributed by atoms with Crippen LogP contribution in [-0.4, -0.2) is 39.4 Å². The zero-order valence-electron chi connectivity index (χ0n) is 12.9. The van der Waals surface area contributed by atoms with Gasteiger partial charge in [0.2, 0.25) is 0 Å². The molecule has 19 heavy (non-hydrogen) atoms. The van der Waals surface area contributed by atoms with Gasteiger partial charge in [-0.3, -0.25) is 0 Å². The van der Waals surface area contributed by atoms with E-state index in [0.717, 1.165) is 51.6 Å². The third-order valence-electron chi connectivity index (χ3n) is 2.91. The first kappa shape index (κ1) is 19.4. The molecule has 0 aromatic heterocycles. The van der Waals surface area contributed by atoms with Crippen molar-refractivity contribution in [2.24, 2.45) is 0 Å². The summed E-state index contributed by atoms with van der Waals surface area (Å²) in [6.07, 6.45) is 7.10. The Labute approximate surface area is 126 Å². The standard InChI is InChI=1S/2C7H16NO.Cu/c2*1-3-4-7(9)5-6-8-2;/h2*7-8H,3-6H2,1-2H3;/q2*-1;+2. The molecule has 121 valence electrons. The Kier molecular flexibility index (Phi) is 15.0. The molecule has 0 heterocycles. The Balaban J connectivity index is 3.83. The van der Waals surface area contributed by atoms with Gasteiger partial charge in [-0.05, 0) is 0 Å². The van der Waals surface area contributed by atoms with Crippen molar-refractivity contribution < 1.29 is 23.3 Å². The van der Waals surface area contributed by atoms with Crippen molar-refractivity contribution in [3.8, 4) is 0 Å². The van der Waals surface area contributed by atoms with Crippen LogP contribution in [0, 0.1) is 0 Å². The summed E-state index contributed by atoms with van der Waals surface area (Å²) in [4.78, 5) is 0. The van der Waals surface area contributed by atoms with Gasteiger partial charge in [0.05, 0.1) is 0 Å². The summed E-state index contributed by atoms with van der Waals surface area (Å²) in [5.41, 5.74) is 0. The van der Waals surface area contributed by atoms with Crippen LogP contribution < -0.4 is 10.6 Å². The summed E-state index contributed by atoms with van der Waals surface area (Å²) in [7, 11) is 3.95. The van der Waals surface area contributed by atoms with Crippen LogP contribution in [0.4, 0.5) is 0 Å². The number of rotatable bonds is 14. The van der Waals surface area contributed by atoms with Crippen molar-refractivity contribution in [2.75, 3.05) is 27.2 Å². The van der Waals surface area contributed by atoms with E-state index in [-0.39, 0.29) is 12.2 Å². The fraction of sp³-hybridized carbons (Fsp3) is 1.00. The van der Waals surface area contributed by atoms with Crippen LogP contribution in [0.15, 0.2) is 0 Å². The first-order valence-electron chi connectivity index (χ1n) is 7.47. The van der Waals surface area contributed by atoms with Gasteiger partial charge >= 0.3 is 126 Å². The van der Waals surface area contributed by atoms with Crippen molar-refractivity contribution >= 4 is 0 Å². The van der Waals surface area contributed by atoms with Gasteiger partial charge in [0, 0.05) is 0 Å². The molecule has 0 saturated carbocycles. The summed E-state index contributed by atoms with van der Waals surface area (Å²) >= 11 is 1.29. The molecule has 0 spiro atoms. The monoisotopic (exact) mass is 323 g/mol. The van der Waals surface area contributed by atoms with Gasteiger partial charge in [0.1, 0.15) is 0 Å². The van der Waals surface area contributed by atoms with Crippen molar-refractivity contribution in [3.05, 3.63) is 0 Å². The topological polar surface area (TPSA) is 42.5 Å². The fourth-order valence-electron chi connectivity index (χ4n) is 1.78. The molecule has 0 aromatic carbocycles. The number of hydrogen-bond acceptors (Lipinski definition) is 4. The van der Waals surface area contributed by atoms with Gasteiger partial charge in [-0.1, -0.05) is 0 Å².